The summed E-state index contributed by atoms with van der Waals surface area (Å²) in [5.41, 5.74) is 0. The molecular weight excluding hydrogens is 286 g/mol. The van der Waals surface area contributed by atoms with E-state index in [1.54, 1.807) is 0 Å². The van der Waals surface area contributed by atoms with Gasteiger partial charge in [0.25, 0.3) is 0 Å². The van der Waals surface area contributed by atoms with E-state index in [1.807, 2.05) is 7.05 Å². The van der Waals surface area contributed by atoms with Gasteiger partial charge < -0.3 is 10.2 Å². The van der Waals surface area contributed by atoms with Crippen molar-refractivity contribution < 1.29 is 4.79 Å². The number of carbonyl (C=O) groups is 1. The lowest BCUT2D eigenvalue weighted by atomic mass is 9.78. The average Bonchev–Trinajstić information content (AvgIpc) is 2.94. The van der Waals surface area contributed by atoms with Crippen molar-refractivity contribution in [1.82, 2.24) is 15.1 Å². The molecule has 1 amide bonds. The number of piperidine rings is 1. The minimum absolute atomic E-state index is 0. The molecule has 4 nitrogen and oxygen atoms in total. The molecule has 1 aliphatic carbocycles. The molecule has 122 valence electrons. The lowest BCUT2D eigenvalue weighted by molar-refractivity contribution is -0.138. The third kappa shape index (κ3) is 3.91. The lowest BCUT2D eigenvalue weighted by Crippen LogP contribution is -2.52. The van der Waals surface area contributed by atoms with Crippen LogP contribution in [0.15, 0.2) is 0 Å². The maximum Gasteiger partial charge on any atom is 0.237 e. The van der Waals surface area contributed by atoms with Gasteiger partial charge in [-0.15, -0.1) is 12.4 Å². The molecule has 21 heavy (non-hydrogen) atoms. The number of nitrogens with zero attached hydrogens (tertiary/aromatic N) is 2. The minimum atomic E-state index is 0. The molecular formula is C16H30ClN3O. The topological polar surface area (TPSA) is 35.6 Å². The average molecular weight is 316 g/mol. The van der Waals surface area contributed by atoms with Crippen LogP contribution in [0, 0.1) is 5.92 Å². The maximum absolute atomic E-state index is 12.7. The Bertz CT molecular complexity index is 350. The number of nitrogens with one attached hydrogen (secondary N) is 1. The van der Waals surface area contributed by atoms with Crippen LogP contribution in [0.25, 0.3) is 0 Å². The van der Waals surface area contributed by atoms with Crippen LogP contribution in [-0.2, 0) is 4.79 Å². The Morgan fingerprint density at radius 2 is 1.86 bits per heavy atom. The Hall–Kier alpha value is -0.320. The molecule has 0 aromatic rings. The monoisotopic (exact) mass is 315 g/mol. The quantitative estimate of drug-likeness (QED) is 0.864. The fourth-order valence-corrected chi connectivity index (χ4v) is 4.43. The Morgan fingerprint density at radius 1 is 1.10 bits per heavy atom. The predicted molar refractivity (Wildman–Crippen MR) is 87.8 cm³/mol. The molecule has 5 heteroatoms. The first-order chi connectivity index (χ1) is 9.78. The smallest absolute Gasteiger partial charge is 0.237 e. The van der Waals surface area contributed by atoms with Crippen LogP contribution in [0.2, 0.25) is 0 Å². The fraction of sp³-hybridized carbons (Fsp3) is 0.938. The predicted octanol–water partition coefficient (Wildman–Crippen LogP) is 1.88. The van der Waals surface area contributed by atoms with Crippen molar-refractivity contribution >= 4 is 18.3 Å². The lowest BCUT2D eigenvalue weighted by Gasteiger charge is -2.44. The Labute approximate surface area is 135 Å². The molecule has 3 fully saturated rings. The number of amides is 1. The van der Waals surface area contributed by atoms with Crippen molar-refractivity contribution in [2.45, 2.75) is 57.0 Å². The number of hydrogen-bond donors (Lipinski definition) is 1. The first-order valence-electron chi connectivity index (χ1n) is 8.47. The van der Waals surface area contributed by atoms with Gasteiger partial charge in [-0.2, -0.15) is 0 Å². The summed E-state index contributed by atoms with van der Waals surface area (Å²) in [7, 11) is 2.02. The van der Waals surface area contributed by atoms with Crippen LogP contribution in [0.1, 0.15) is 44.9 Å². The normalized spacial score (nSPS) is 33.4. The standard InChI is InChI=1S/C16H29N3O.ClH/c1-17-14-8-10-18(11-14)12-16(20)19-9-4-6-13-5-2-3-7-15(13)19;/h13-15,17H,2-12H2,1H3;1H. The molecule has 2 aliphatic heterocycles. The molecule has 3 rings (SSSR count). The summed E-state index contributed by atoms with van der Waals surface area (Å²) in [5, 5.41) is 3.33. The molecule has 1 saturated carbocycles. The van der Waals surface area contributed by atoms with Crippen molar-refractivity contribution in [3.05, 3.63) is 0 Å². The highest BCUT2D eigenvalue weighted by molar-refractivity contribution is 5.85. The van der Waals surface area contributed by atoms with Crippen LogP contribution >= 0.6 is 12.4 Å². The second-order valence-electron chi connectivity index (χ2n) is 6.85. The number of rotatable bonds is 3. The number of carbonyl (C=O) groups excluding carboxylic acids is 1. The van der Waals surface area contributed by atoms with Gasteiger partial charge >= 0.3 is 0 Å². The second-order valence-corrected chi connectivity index (χ2v) is 6.85. The van der Waals surface area contributed by atoms with Crippen molar-refractivity contribution in [2.75, 3.05) is 33.2 Å². The van der Waals surface area contributed by atoms with Gasteiger partial charge in [0, 0.05) is 31.7 Å². The van der Waals surface area contributed by atoms with E-state index in [0.717, 1.165) is 25.6 Å². The molecule has 0 aromatic heterocycles. The highest BCUT2D eigenvalue weighted by Gasteiger charge is 2.36. The van der Waals surface area contributed by atoms with Gasteiger partial charge in [-0.1, -0.05) is 12.8 Å². The van der Waals surface area contributed by atoms with E-state index in [0.29, 0.717) is 24.5 Å². The second kappa shape index (κ2) is 7.80. The first-order valence-corrected chi connectivity index (χ1v) is 8.47. The Morgan fingerprint density at radius 3 is 2.62 bits per heavy atom. The largest absolute Gasteiger partial charge is 0.338 e. The number of halogens is 1. The number of likely N-dealkylation sites (tertiary alicyclic amines) is 2. The molecule has 3 atom stereocenters. The van der Waals surface area contributed by atoms with E-state index in [2.05, 4.69) is 15.1 Å². The zero-order valence-electron chi connectivity index (χ0n) is 13.2. The van der Waals surface area contributed by atoms with Crippen molar-refractivity contribution in [1.29, 1.82) is 0 Å². The van der Waals surface area contributed by atoms with Crippen molar-refractivity contribution in [3.8, 4) is 0 Å². The molecule has 1 N–H and O–H groups in total. The van der Waals surface area contributed by atoms with Gasteiger partial charge in [0.1, 0.15) is 0 Å². The van der Waals surface area contributed by atoms with Crippen LogP contribution in [0.5, 0.6) is 0 Å². The summed E-state index contributed by atoms with van der Waals surface area (Å²) in [6.07, 6.45) is 9.02. The van der Waals surface area contributed by atoms with E-state index in [4.69, 9.17) is 0 Å². The van der Waals surface area contributed by atoms with Crippen LogP contribution in [0.4, 0.5) is 0 Å². The maximum atomic E-state index is 12.7. The molecule has 0 spiro atoms. The van der Waals surface area contributed by atoms with Gasteiger partial charge in [-0.05, 0) is 45.1 Å². The number of fused-ring (bicyclic) bond motifs is 1. The molecule has 0 radical (unpaired) electrons. The SMILES string of the molecule is CNC1CCN(CC(=O)N2CCCC3CCCCC32)C1.Cl. The van der Waals surface area contributed by atoms with E-state index in [9.17, 15) is 4.79 Å². The van der Waals surface area contributed by atoms with Crippen LogP contribution < -0.4 is 5.32 Å². The fourth-order valence-electron chi connectivity index (χ4n) is 4.43. The summed E-state index contributed by atoms with van der Waals surface area (Å²) >= 11 is 0. The number of hydrogen-bond acceptors (Lipinski definition) is 3. The van der Waals surface area contributed by atoms with E-state index in [1.165, 1.54) is 44.9 Å². The molecule has 0 bridgehead atoms. The van der Waals surface area contributed by atoms with Crippen molar-refractivity contribution in [3.63, 3.8) is 0 Å². The highest BCUT2D eigenvalue weighted by atomic mass is 35.5. The van der Waals surface area contributed by atoms with E-state index < -0.39 is 0 Å². The minimum Gasteiger partial charge on any atom is -0.338 e. The molecule has 3 unspecified atom stereocenters. The molecule has 2 saturated heterocycles. The van der Waals surface area contributed by atoms with E-state index >= 15 is 0 Å². The zero-order chi connectivity index (χ0) is 13.9. The molecule has 0 aromatic carbocycles. The Kier molecular flexibility index (Phi) is 6.33. The van der Waals surface area contributed by atoms with Gasteiger partial charge in [-0.3, -0.25) is 9.69 Å². The summed E-state index contributed by atoms with van der Waals surface area (Å²) < 4.78 is 0. The summed E-state index contributed by atoms with van der Waals surface area (Å²) in [5.74, 6) is 1.18. The van der Waals surface area contributed by atoms with Gasteiger partial charge in [0.05, 0.1) is 6.54 Å². The van der Waals surface area contributed by atoms with Crippen LogP contribution in [-0.4, -0.2) is 61.0 Å². The third-order valence-electron chi connectivity index (χ3n) is 5.60. The van der Waals surface area contributed by atoms with E-state index in [-0.39, 0.29) is 12.4 Å². The first kappa shape index (κ1) is 17.0. The van der Waals surface area contributed by atoms with Gasteiger partial charge in [0.2, 0.25) is 5.91 Å². The van der Waals surface area contributed by atoms with Crippen molar-refractivity contribution in [2.24, 2.45) is 5.92 Å². The Balaban J connectivity index is 0.00000161. The zero-order valence-corrected chi connectivity index (χ0v) is 14.0. The summed E-state index contributed by atoms with van der Waals surface area (Å²) in [6.45, 7) is 3.74. The third-order valence-corrected chi connectivity index (χ3v) is 5.60. The van der Waals surface area contributed by atoms with Crippen LogP contribution in [0.3, 0.4) is 0 Å². The molecule has 3 aliphatic rings. The summed E-state index contributed by atoms with van der Waals surface area (Å²) in [6, 6.07) is 1.14. The summed E-state index contributed by atoms with van der Waals surface area (Å²) in [4.78, 5) is 17.2. The molecule has 2 heterocycles. The number of likely N-dealkylation sites (N-methyl/N-ethyl adjacent to an activating group) is 1. The highest BCUT2D eigenvalue weighted by Crippen LogP contribution is 2.35. The van der Waals surface area contributed by atoms with Gasteiger partial charge in [0.15, 0.2) is 0 Å². The van der Waals surface area contributed by atoms with Gasteiger partial charge in [-0.25, -0.2) is 0 Å².